The molecule has 5 nitrogen and oxygen atoms in total. The normalized spacial score (nSPS) is 11.3. The lowest BCUT2D eigenvalue weighted by Gasteiger charge is -2.12. The molecule has 9 heteroatoms. The van der Waals surface area contributed by atoms with Gasteiger partial charge in [-0.15, -0.1) is 0 Å². The summed E-state index contributed by atoms with van der Waals surface area (Å²) >= 11 is 9.61. The van der Waals surface area contributed by atoms with Crippen LogP contribution in [-0.4, -0.2) is 13.4 Å². The fourth-order valence-corrected chi connectivity index (χ4v) is 5.66. The van der Waals surface area contributed by atoms with Crippen LogP contribution >= 0.6 is 47.8 Å². The molecule has 0 unspecified atom stereocenters. The SMILES string of the molecule is Nc1cc(Br)c(S(=O)(=O)Nc2cccnc2Br)c(Br)c1. The zero-order valence-corrected chi connectivity index (χ0v) is 15.3. The van der Waals surface area contributed by atoms with E-state index in [0.29, 0.717) is 24.9 Å². The van der Waals surface area contributed by atoms with Gasteiger partial charge in [0.05, 0.1) is 5.69 Å². The van der Waals surface area contributed by atoms with Gasteiger partial charge >= 0.3 is 0 Å². The molecule has 0 atom stereocenters. The van der Waals surface area contributed by atoms with Crippen LogP contribution in [0.25, 0.3) is 0 Å². The highest BCUT2D eigenvalue weighted by atomic mass is 79.9. The molecule has 1 heterocycles. The quantitative estimate of drug-likeness (QED) is 0.512. The Morgan fingerprint density at radius 3 is 2.30 bits per heavy atom. The molecule has 20 heavy (non-hydrogen) atoms. The first-order chi connectivity index (χ1) is 9.31. The van der Waals surface area contributed by atoms with Crippen LogP contribution in [0.3, 0.4) is 0 Å². The van der Waals surface area contributed by atoms with Crippen molar-refractivity contribution in [3.05, 3.63) is 44.0 Å². The smallest absolute Gasteiger partial charge is 0.264 e. The number of nitrogens with zero attached hydrogens (tertiary/aromatic N) is 1. The number of halogens is 3. The molecule has 3 N–H and O–H groups in total. The van der Waals surface area contributed by atoms with E-state index >= 15 is 0 Å². The first-order valence-electron chi connectivity index (χ1n) is 5.19. The third kappa shape index (κ3) is 3.33. The van der Waals surface area contributed by atoms with E-state index in [9.17, 15) is 8.42 Å². The van der Waals surface area contributed by atoms with Crippen molar-refractivity contribution in [2.24, 2.45) is 0 Å². The monoisotopic (exact) mass is 483 g/mol. The van der Waals surface area contributed by atoms with E-state index in [2.05, 4.69) is 57.5 Å². The summed E-state index contributed by atoms with van der Waals surface area (Å²) in [6, 6.07) is 6.29. The Morgan fingerprint density at radius 1 is 1.15 bits per heavy atom. The lowest BCUT2D eigenvalue weighted by atomic mass is 10.3. The van der Waals surface area contributed by atoms with Gasteiger partial charge < -0.3 is 5.73 Å². The highest BCUT2D eigenvalue weighted by Crippen LogP contribution is 2.34. The fraction of sp³-hybridized carbons (Fsp3) is 0. The molecule has 1 aromatic heterocycles. The van der Waals surface area contributed by atoms with Crippen molar-refractivity contribution in [2.45, 2.75) is 4.90 Å². The summed E-state index contributed by atoms with van der Waals surface area (Å²) in [7, 11) is -3.78. The molecule has 0 bridgehead atoms. The van der Waals surface area contributed by atoms with Crippen LogP contribution in [0.5, 0.6) is 0 Å². The Balaban J connectivity index is 2.50. The van der Waals surface area contributed by atoms with E-state index in [1.807, 2.05) is 0 Å². The molecule has 0 fully saturated rings. The van der Waals surface area contributed by atoms with E-state index in [1.54, 1.807) is 18.3 Å². The maximum Gasteiger partial charge on any atom is 0.264 e. The van der Waals surface area contributed by atoms with Crippen LogP contribution in [0, 0.1) is 0 Å². The van der Waals surface area contributed by atoms with Gasteiger partial charge in [-0.1, -0.05) is 0 Å². The molecule has 106 valence electrons. The number of hydrogen-bond donors (Lipinski definition) is 2. The molecule has 1 aromatic carbocycles. The molecule has 2 aromatic rings. The van der Waals surface area contributed by atoms with Crippen molar-refractivity contribution in [3.63, 3.8) is 0 Å². The van der Waals surface area contributed by atoms with Crippen molar-refractivity contribution in [2.75, 3.05) is 10.5 Å². The van der Waals surface area contributed by atoms with E-state index in [1.165, 1.54) is 12.1 Å². The second-order valence-corrected chi connectivity index (χ2v) is 7.84. The van der Waals surface area contributed by atoms with Gasteiger partial charge in [0.15, 0.2) is 0 Å². The number of rotatable bonds is 3. The Hall–Kier alpha value is -0.640. The maximum absolute atomic E-state index is 12.4. The molecule has 0 aliphatic heterocycles. The van der Waals surface area contributed by atoms with Gasteiger partial charge in [0.25, 0.3) is 10.0 Å². The number of hydrogen-bond acceptors (Lipinski definition) is 4. The van der Waals surface area contributed by atoms with Crippen molar-refractivity contribution in [3.8, 4) is 0 Å². The third-order valence-corrected chi connectivity index (χ3v) is 6.17. The summed E-state index contributed by atoms with van der Waals surface area (Å²) < 4.78 is 28.5. The van der Waals surface area contributed by atoms with E-state index < -0.39 is 10.0 Å². The van der Waals surface area contributed by atoms with Crippen LogP contribution in [0.15, 0.2) is 48.9 Å². The van der Waals surface area contributed by atoms with Crippen molar-refractivity contribution in [1.82, 2.24) is 4.98 Å². The Bertz CT molecular complexity index is 742. The van der Waals surface area contributed by atoms with Gasteiger partial charge in [-0.25, -0.2) is 13.4 Å². The third-order valence-electron chi connectivity index (χ3n) is 2.29. The van der Waals surface area contributed by atoms with Gasteiger partial charge in [0.1, 0.15) is 9.50 Å². The van der Waals surface area contributed by atoms with Crippen LogP contribution in [0.2, 0.25) is 0 Å². The molecule has 0 aliphatic carbocycles. The van der Waals surface area contributed by atoms with Gasteiger partial charge in [0, 0.05) is 20.8 Å². The minimum atomic E-state index is -3.78. The Morgan fingerprint density at radius 2 is 1.75 bits per heavy atom. The minimum Gasteiger partial charge on any atom is -0.399 e. The predicted octanol–water partition coefficient (Wildman–Crippen LogP) is 3.75. The fourth-order valence-electron chi connectivity index (χ4n) is 1.49. The lowest BCUT2D eigenvalue weighted by molar-refractivity contribution is 0.600. The average Bonchev–Trinajstić information content (AvgIpc) is 2.30. The summed E-state index contributed by atoms with van der Waals surface area (Å²) in [6.45, 7) is 0. The molecular weight excluding hydrogens is 478 g/mol. The molecule has 0 spiro atoms. The lowest BCUT2D eigenvalue weighted by Crippen LogP contribution is -2.15. The molecule has 0 aliphatic rings. The highest BCUT2D eigenvalue weighted by Gasteiger charge is 2.22. The number of aromatic nitrogens is 1. The van der Waals surface area contributed by atoms with Crippen molar-refractivity contribution < 1.29 is 8.42 Å². The summed E-state index contributed by atoms with van der Waals surface area (Å²) in [5, 5.41) is 0. The summed E-state index contributed by atoms with van der Waals surface area (Å²) in [6.07, 6.45) is 1.55. The maximum atomic E-state index is 12.4. The Labute approximate surface area is 141 Å². The van der Waals surface area contributed by atoms with Crippen LogP contribution < -0.4 is 10.5 Å². The van der Waals surface area contributed by atoms with Crippen LogP contribution in [0.1, 0.15) is 0 Å². The number of anilines is 2. The van der Waals surface area contributed by atoms with Gasteiger partial charge in [0.2, 0.25) is 0 Å². The highest BCUT2D eigenvalue weighted by molar-refractivity contribution is 9.11. The number of pyridine rings is 1. The minimum absolute atomic E-state index is 0.0717. The number of benzene rings is 1. The number of nitrogens with two attached hydrogens (primary N) is 1. The van der Waals surface area contributed by atoms with Crippen LogP contribution in [0.4, 0.5) is 11.4 Å². The van der Waals surface area contributed by atoms with Gasteiger partial charge in [-0.2, -0.15) is 0 Å². The Kier molecular flexibility index (Phi) is 4.73. The summed E-state index contributed by atoms with van der Waals surface area (Å²) in [5.41, 5.74) is 6.46. The van der Waals surface area contributed by atoms with E-state index in [-0.39, 0.29) is 4.90 Å². The topological polar surface area (TPSA) is 85.1 Å². The number of nitrogens with one attached hydrogen (secondary N) is 1. The molecule has 2 rings (SSSR count). The van der Waals surface area contributed by atoms with E-state index in [0.717, 1.165) is 0 Å². The van der Waals surface area contributed by atoms with E-state index in [4.69, 9.17) is 5.73 Å². The molecule has 0 radical (unpaired) electrons. The average molecular weight is 486 g/mol. The number of sulfonamides is 1. The zero-order chi connectivity index (χ0) is 14.9. The first kappa shape index (κ1) is 15.7. The van der Waals surface area contributed by atoms with Gasteiger partial charge in [-0.3, -0.25) is 4.72 Å². The second kappa shape index (κ2) is 6.00. The first-order valence-corrected chi connectivity index (χ1v) is 9.05. The molecule has 0 saturated carbocycles. The van der Waals surface area contributed by atoms with Crippen molar-refractivity contribution >= 4 is 69.2 Å². The number of nitrogen functional groups attached to an aromatic ring is 1. The standard InChI is InChI=1S/C11H8Br3N3O2S/c12-7-4-6(15)5-8(13)10(7)20(18,19)17-9-2-1-3-16-11(9)14/h1-5,17H,15H2. The van der Waals surface area contributed by atoms with Crippen LogP contribution in [-0.2, 0) is 10.0 Å². The largest absolute Gasteiger partial charge is 0.399 e. The molecule has 0 amide bonds. The zero-order valence-electron chi connectivity index (χ0n) is 9.77. The summed E-state index contributed by atoms with van der Waals surface area (Å²) in [4.78, 5) is 4.03. The van der Waals surface area contributed by atoms with Gasteiger partial charge in [-0.05, 0) is 72.1 Å². The molecule has 0 saturated heterocycles. The summed E-state index contributed by atoms with van der Waals surface area (Å²) in [5.74, 6) is 0. The second-order valence-electron chi connectivity index (χ2n) is 3.76. The molecular formula is C11H8Br3N3O2S. The van der Waals surface area contributed by atoms with Crippen molar-refractivity contribution in [1.29, 1.82) is 0 Å². The predicted molar refractivity (Wildman–Crippen MR) is 89.0 cm³/mol.